The molecule has 0 spiro atoms. The molecule has 0 bridgehead atoms. The zero-order valence-electron chi connectivity index (χ0n) is 11.7. The zero-order valence-corrected chi connectivity index (χ0v) is 12.5. The molecule has 1 heterocycles. The Kier molecular flexibility index (Phi) is 5.14. The molecule has 6 nitrogen and oxygen atoms in total. The number of benzene rings is 1. The Bertz CT molecular complexity index is 560. The van der Waals surface area contributed by atoms with Crippen LogP contribution in [-0.2, 0) is 4.74 Å². The molecule has 7 heteroatoms. The number of methoxy groups -OCH3 is 3. The van der Waals surface area contributed by atoms with E-state index in [-0.39, 0.29) is 0 Å². The first-order valence-corrected chi connectivity index (χ1v) is 6.84. The molecule has 0 aliphatic rings. The van der Waals surface area contributed by atoms with Gasteiger partial charge in [-0.3, -0.25) is 0 Å². The summed E-state index contributed by atoms with van der Waals surface area (Å²) in [6, 6.07) is 5.61. The third kappa shape index (κ3) is 3.37. The van der Waals surface area contributed by atoms with E-state index in [4.69, 9.17) is 14.2 Å². The summed E-state index contributed by atoms with van der Waals surface area (Å²) in [5.41, 5.74) is 0.888. The van der Waals surface area contributed by atoms with E-state index in [0.717, 1.165) is 10.7 Å². The third-order valence-corrected chi connectivity index (χ3v) is 3.32. The average molecular weight is 295 g/mol. The minimum absolute atomic E-state index is 0.630. The van der Waals surface area contributed by atoms with Crippen LogP contribution in [0.25, 0.3) is 11.4 Å². The van der Waals surface area contributed by atoms with Gasteiger partial charge in [0.05, 0.1) is 20.8 Å². The van der Waals surface area contributed by atoms with Crippen LogP contribution >= 0.6 is 11.5 Å². The second-order valence-electron chi connectivity index (χ2n) is 3.91. The van der Waals surface area contributed by atoms with Crippen LogP contribution in [0.15, 0.2) is 18.2 Å². The lowest BCUT2D eigenvalue weighted by molar-refractivity contribution is 0.211. The molecule has 2 rings (SSSR count). The van der Waals surface area contributed by atoms with Gasteiger partial charge in [0, 0.05) is 30.8 Å². The summed E-state index contributed by atoms with van der Waals surface area (Å²) in [5.74, 6) is 2.01. The lowest BCUT2D eigenvalue weighted by Crippen LogP contribution is -2.07. The molecule has 0 radical (unpaired) electrons. The summed E-state index contributed by atoms with van der Waals surface area (Å²) in [6.07, 6.45) is 0. The van der Waals surface area contributed by atoms with Crippen LogP contribution in [0.2, 0.25) is 0 Å². The fourth-order valence-electron chi connectivity index (χ4n) is 1.65. The monoisotopic (exact) mass is 295 g/mol. The average Bonchev–Trinajstić information content (AvgIpc) is 2.95. The normalized spacial score (nSPS) is 10.3. The zero-order chi connectivity index (χ0) is 14.4. The van der Waals surface area contributed by atoms with Gasteiger partial charge < -0.3 is 19.5 Å². The topological polar surface area (TPSA) is 65.5 Å². The number of ether oxygens (including phenoxy) is 3. The van der Waals surface area contributed by atoms with Crippen molar-refractivity contribution >= 4 is 16.7 Å². The van der Waals surface area contributed by atoms with Gasteiger partial charge >= 0.3 is 0 Å². The standard InChI is InChI=1S/C13H17N3O3S/c1-17-7-6-14-13-15-12(16-20-13)9-4-5-10(18-2)11(8-9)19-3/h4-5,8H,6-7H2,1-3H3,(H,14,15,16). The largest absolute Gasteiger partial charge is 0.493 e. The molecule has 0 unspecified atom stereocenters. The van der Waals surface area contributed by atoms with Gasteiger partial charge in [0.25, 0.3) is 0 Å². The van der Waals surface area contributed by atoms with Crippen LogP contribution in [-0.4, -0.2) is 43.8 Å². The van der Waals surface area contributed by atoms with E-state index in [1.165, 1.54) is 11.5 Å². The smallest absolute Gasteiger partial charge is 0.202 e. The fourth-order valence-corrected chi connectivity index (χ4v) is 2.26. The van der Waals surface area contributed by atoms with Crippen molar-refractivity contribution in [1.29, 1.82) is 0 Å². The highest BCUT2D eigenvalue weighted by molar-refractivity contribution is 7.09. The van der Waals surface area contributed by atoms with Crippen molar-refractivity contribution in [2.45, 2.75) is 0 Å². The highest BCUT2D eigenvalue weighted by Crippen LogP contribution is 2.32. The fraction of sp³-hybridized carbons (Fsp3) is 0.385. The van der Waals surface area contributed by atoms with Crippen LogP contribution in [0, 0.1) is 0 Å². The summed E-state index contributed by atoms with van der Waals surface area (Å²) in [5, 5.41) is 3.92. The first-order valence-electron chi connectivity index (χ1n) is 6.07. The molecule has 20 heavy (non-hydrogen) atoms. The Labute approximate surface area is 121 Å². The lowest BCUT2D eigenvalue weighted by Gasteiger charge is -2.07. The van der Waals surface area contributed by atoms with Gasteiger partial charge in [-0.25, -0.2) is 0 Å². The maximum Gasteiger partial charge on any atom is 0.202 e. The molecule has 0 aliphatic heterocycles. The molecular formula is C13H17N3O3S. The summed E-state index contributed by atoms with van der Waals surface area (Å²) >= 11 is 1.32. The predicted molar refractivity (Wildman–Crippen MR) is 78.8 cm³/mol. The molecule has 0 amide bonds. The Morgan fingerprint density at radius 3 is 2.65 bits per heavy atom. The van der Waals surface area contributed by atoms with Crippen molar-refractivity contribution < 1.29 is 14.2 Å². The van der Waals surface area contributed by atoms with Gasteiger partial charge in [-0.05, 0) is 18.2 Å². The number of nitrogens with one attached hydrogen (secondary N) is 1. The van der Waals surface area contributed by atoms with Gasteiger partial charge in [-0.15, -0.1) is 0 Å². The summed E-state index contributed by atoms with van der Waals surface area (Å²) in [4.78, 5) is 4.43. The van der Waals surface area contributed by atoms with Crippen molar-refractivity contribution in [3.8, 4) is 22.9 Å². The van der Waals surface area contributed by atoms with Crippen LogP contribution in [0.5, 0.6) is 11.5 Å². The van der Waals surface area contributed by atoms with Crippen molar-refractivity contribution in [3.63, 3.8) is 0 Å². The summed E-state index contributed by atoms with van der Waals surface area (Å²) in [6.45, 7) is 1.34. The van der Waals surface area contributed by atoms with Crippen LogP contribution in [0.4, 0.5) is 5.13 Å². The van der Waals surface area contributed by atoms with Crippen molar-refractivity contribution in [1.82, 2.24) is 9.36 Å². The Morgan fingerprint density at radius 1 is 1.15 bits per heavy atom. The van der Waals surface area contributed by atoms with E-state index in [1.54, 1.807) is 21.3 Å². The van der Waals surface area contributed by atoms with Gasteiger partial charge in [-0.1, -0.05) is 0 Å². The van der Waals surface area contributed by atoms with Gasteiger partial charge in [0.15, 0.2) is 17.3 Å². The molecule has 0 saturated carbocycles. The van der Waals surface area contributed by atoms with E-state index >= 15 is 0 Å². The minimum Gasteiger partial charge on any atom is -0.493 e. The quantitative estimate of drug-likeness (QED) is 0.791. The Balaban J connectivity index is 2.15. The summed E-state index contributed by atoms with van der Waals surface area (Å²) < 4.78 is 19.8. The molecular weight excluding hydrogens is 278 g/mol. The molecule has 0 aliphatic carbocycles. The molecule has 1 aromatic carbocycles. The van der Waals surface area contributed by atoms with Gasteiger partial charge in [-0.2, -0.15) is 9.36 Å². The van der Waals surface area contributed by atoms with E-state index in [9.17, 15) is 0 Å². The van der Waals surface area contributed by atoms with Crippen LogP contribution in [0.1, 0.15) is 0 Å². The highest BCUT2D eigenvalue weighted by atomic mass is 32.1. The van der Waals surface area contributed by atoms with E-state index in [0.29, 0.717) is 30.5 Å². The molecule has 108 valence electrons. The number of hydrogen-bond donors (Lipinski definition) is 1. The van der Waals surface area contributed by atoms with Crippen molar-refractivity contribution in [2.75, 3.05) is 39.8 Å². The lowest BCUT2D eigenvalue weighted by atomic mass is 10.2. The molecule has 1 N–H and O–H groups in total. The predicted octanol–water partition coefficient (Wildman–Crippen LogP) is 2.28. The number of anilines is 1. The maximum absolute atomic E-state index is 5.28. The van der Waals surface area contributed by atoms with E-state index < -0.39 is 0 Å². The number of aromatic nitrogens is 2. The number of hydrogen-bond acceptors (Lipinski definition) is 7. The second-order valence-corrected chi connectivity index (χ2v) is 4.66. The van der Waals surface area contributed by atoms with Crippen molar-refractivity contribution in [3.05, 3.63) is 18.2 Å². The highest BCUT2D eigenvalue weighted by Gasteiger charge is 2.10. The molecule has 2 aromatic rings. The second kappa shape index (κ2) is 7.06. The van der Waals surface area contributed by atoms with E-state index in [1.807, 2.05) is 18.2 Å². The first-order chi connectivity index (χ1) is 9.78. The van der Waals surface area contributed by atoms with Crippen molar-refractivity contribution in [2.24, 2.45) is 0 Å². The van der Waals surface area contributed by atoms with E-state index in [2.05, 4.69) is 14.7 Å². The Morgan fingerprint density at radius 2 is 1.95 bits per heavy atom. The van der Waals surface area contributed by atoms with Gasteiger partial charge in [0.2, 0.25) is 5.13 Å². The SMILES string of the molecule is COCCNc1nc(-c2ccc(OC)c(OC)c2)ns1. The van der Waals surface area contributed by atoms with Gasteiger partial charge in [0.1, 0.15) is 0 Å². The Hall–Kier alpha value is -1.86. The van der Waals surface area contributed by atoms with Crippen LogP contribution < -0.4 is 14.8 Å². The third-order valence-electron chi connectivity index (χ3n) is 2.65. The molecule has 0 atom stereocenters. The number of nitrogens with zero attached hydrogens (tertiary/aromatic N) is 2. The molecule has 0 saturated heterocycles. The number of rotatable bonds is 7. The summed E-state index contributed by atoms with van der Waals surface area (Å²) in [7, 11) is 4.88. The first kappa shape index (κ1) is 14.5. The molecule has 0 fully saturated rings. The van der Waals surface area contributed by atoms with Crippen LogP contribution in [0.3, 0.4) is 0 Å². The molecule has 1 aromatic heterocycles. The minimum atomic E-state index is 0.630. The maximum atomic E-state index is 5.28.